The molecule has 0 unspecified atom stereocenters. The number of para-hydroxylation sites is 1. The Morgan fingerprint density at radius 2 is 2.15 bits per heavy atom. The molecule has 0 saturated heterocycles. The molecule has 7 heteroatoms. The maximum Gasteiger partial charge on any atom is 0.239 e. The van der Waals surface area contributed by atoms with Crippen LogP contribution in [0.4, 0.5) is 11.8 Å². The van der Waals surface area contributed by atoms with Crippen molar-refractivity contribution in [3.63, 3.8) is 0 Å². The predicted octanol–water partition coefficient (Wildman–Crippen LogP) is 2.01. The first-order chi connectivity index (χ1) is 9.78. The molecule has 0 aliphatic carbocycles. The number of nitrogens with two attached hydrogens (primary N) is 1. The van der Waals surface area contributed by atoms with Gasteiger partial charge < -0.3 is 4.90 Å². The van der Waals surface area contributed by atoms with E-state index in [0.717, 1.165) is 22.4 Å². The summed E-state index contributed by atoms with van der Waals surface area (Å²) in [5, 5.41) is 3.02. The van der Waals surface area contributed by atoms with E-state index in [1.54, 1.807) is 11.3 Å². The number of nitrogen functional groups attached to an aromatic ring is 1. The third-order valence-corrected chi connectivity index (χ3v) is 3.59. The lowest BCUT2D eigenvalue weighted by Gasteiger charge is -2.19. The van der Waals surface area contributed by atoms with Crippen LogP contribution in [0.2, 0.25) is 0 Å². The fourth-order valence-electron chi connectivity index (χ4n) is 2.05. The zero-order valence-corrected chi connectivity index (χ0v) is 11.8. The monoisotopic (exact) mass is 286 g/mol. The summed E-state index contributed by atoms with van der Waals surface area (Å²) in [5.74, 6) is 6.68. The van der Waals surface area contributed by atoms with E-state index in [9.17, 15) is 0 Å². The number of hydrogen-bond donors (Lipinski definition) is 2. The van der Waals surface area contributed by atoms with E-state index in [1.807, 2.05) is 47.1 Å². The second-order valence-corrected chi connectivity index (χ2v) is 5.09. The summed E-state index contributed by atoms with van der Waals surface area (Å²) in [4.78, 5) is 15.1. The highest BCUT2D eigenvalue weighted by Crippen LogP contribution is 2.25. The van der Waals surface area contributed by atoms with Crippen molar-refractivity contribution in [1.82, 2.24) is 15.0 Å². The maximum atomic E-state index is 5.44. The summed E-state index contributed by atoms with van der Waals surface area (Å²) in [6.07, 6.45) is 0. The first-order valence-corrected chi connectivity index (χ1v) is 7.04. The molecule has 0 bridgehead atoms. The van der Waals surface area contributed by atoms with Crippen LogP contribution in [0.1, 0.15) is 5.69 Å². The average Bonchev–Trinajstić information content (AvgIpc) is 2.98. The van der Waals surface area contributed by atoms with E-state index in [-0.39, 0.29) is 0 Å². The molecule has 20 heavy (non-hydrogen) atoms. The molecule has 3 N–H and O–H groups in total. The van der Waals surface area contributed by atoms with Crippen molar-refractivity contribution in [3.8, 4) is 0 Å². The van der Waals surface area contributed by atoms with Gasteiger partial charge in [-0.05, 0) is 12.1 Å². The smallest absolute Gasteiger partial charge is 0.239 e. The van der Waals surface area contributed by atoms with Crippen LogP contribution < -0.4 is 16.2 Å². The number of benzene rings is 1. The number of rotatable bonds is 4. The van der Waals surface area contributed by atoms with Gasteiger partial charge in [0.25, 0.3) is 0 Å². The van der Waals surface area contributed by atoms with E-state index < -0.39 is 0 Å². The van der Waals surface area contributed by atoms with Crippen LogP contribution in [-0.2, 0) is 6.54 Å². The van der Waals surface area contributed by atoms with Crippen LogP contribution in [0.3, 0.4) is 0 Å². The molecule has 2 aromatic heterocycles. The fourth-order valence-corrected chi connectivity index (χ4v) is 2.60. The Morgan fingerprint density at radius 1 is 1.30 bits per heavy atom. The van der Waals surface area contributed by atoms with Gasteiger partial charge in [0, 0.05) is 17.8 Å². The van der Waals surface area contributed by atoms with Crippen molar-refractivity contribution in [3.05, 3.63) is 40.8 Å². The molecule has 0 spiro atoms. The Morgan fingerprint density at radius 3 is 2.90 bits per heavy atom. The largest absolute Gasteiger partial charge is 0.353 e. The van der Waals surface area contributed by atoms with Gasteiger partial charge in [-0.3, -0.25) is 5.43 Å². The first-order valence-electron chi connectivity index (χ1n) is 6.09. The van der Waals surface area contributed by atoms with E-state index in [2.05, 4.69) is 20.4 Å². The van der Waals surface area contributed by atoms with Gasteiger partial charge in [0.1, 0.15) is 5.82 Å². The van der Waals surface area contributed by atoms with Gasteiger partial charge in [-0.2, -0.15) is 4.98 Å². The number of thiazole rings is 1. The number of fused-ring (bicyclic) bond motifs is 1. The predicted molar refractivity (Wildman–Crippen MR) is 81.6 cm³/mol. The molecule has 0 radical (unpaired) electrons. The van der Waals surface area contributed by atoms with Gasteiger partial charge in [-0.15, -0.1) is 11.3 Å². The third-order valence-electron chi connectivity index (χ3n) is 2.96. The summed E-state index contributed by atoms with van der Waals surface area (Å²) in [5.41, 5.74) is 6.21. The minimum atomic E-state index is 0.406. The van der Waals surface area contributed by atoms with Crippen molar-refractivity contribution >= 4 is 34.0 Å². The van der Waals surface area contributed by atoms with Crippen LogP contribution in [0.5, 0.6) is 0 Å². The highest BCUT2D eigenvalue weighted by atomic mass is 32.1. The van der Waals surface area contributed by atoms with Crippen molar-refractivity contribution in [1.29, 1.82) is 0 Å². The van der Waals surface area contributed by atoms with Crippen LogP contribution in [0.15, 0.2) is 35.2 Å². The van der Waals surface area contributed by atoms with E-state index in [1.165, 1.54) is 0 Å². The highest BCUT2D eigenvalue weighted by Gasteiger charge is 2.12. The summed E-state index contributed by atoms with van der Waals surface area (Å²) in [7, 11) is 1.98. The fraction of sp³-hybridized carbons (Fsp3) is 0.154. The second-order valence-electron chi connectivity index (χ2n) is 4.37. The third kappa shape index (κ3) is 2.40. The topological polar surface area (TPSA) is 80.0 Å². The number of hydrogen-bond acceptors (Lipinski definition) is 7. The zero-order chi connectivity index (χ0) is 13.9. The summed E-state index contributed by atoms with van der Waals surface area (Å²) in [6.45, 7) is 0.689. The molecule has 1 aromatic carbocycles. The number of anilines is 2. The molecule has 0 atom stereocenters. The Hall–Kier alpha value is -2.25. The van der Waals surface area contributed by atoms with Crippen molar-refractivity contribution in [2.45, 2.75) is 6.54 Å². The molecule has 3 aromatic rings. The minimum Gasteiger partial charge on any atom is -0.353 e. The molecule has 3 rings (SSSR count). The van der Waals surface area contributed by atoms with Crippen molar-refractivity contribution in [2.24, 2.45) is 5.84 Å². The number of nitrogens with zero attached hydrogens (tertiary/aromatic N) is 4. The van der Waals surface area contributed by atoms with Gasteiger partial charge in [0.2, 0.25) is 5.95 Å². The second kappa shape index (κ2) is 5.40. The van der Waals surface area contributed by atoms with Crippen LogP contribution >= 0.6 is 11.3 Å². The van der Waals surface area contributed by atoms with E-state index >= 15 is 0 Å². The lowest BCUT2D eigenvalue weighted by molar-refractivity contribution is 0.876. The van der Waals surface area contributed by atoms with Gasteiger partial charge in [0.05, 0.1) is 23.3 Å². The van der Waals surface area contributed by atoms with E-state index in [4.69, 9.17) is 5.84 Å². The SMILES string of the molecule is CN(Cc1cscn1)c1nc(NN)nc2ccccc12. The van der Waals surface area contributed by atoms with Gasteiger partial charge >= 0.3 is 0 Å². The van der Waals surface area contributed by atoms with Crippen LogP contribution in [-0.4, -0.2) is 22.0 Å². The highest BCUT2D eigenvalue weighted by molar-refractivity contribution is 7.07. The quantitative estimate of drug-likeness (QED) is 0.564. The van der Waals surface area contributed by atoms with Crippen LogP contribution in [0.25, 0.3) is 10.9 Å². The Labute approximate surface area is 120 Å². The number of aromatic nitrogens is 3. The lowest BCUT2D eigenvalue weighted by atomic mass is 10.2. The molecular formula is C13H14N6S. The number of nitrogens with one attached hydrogen (secondary N) is 1. The maximum absolute atomic E-state index is 5.44. The minimum absolute atomic E-state index is 0.406. The van der Waals surface area contributed by atoms with Gasteiger partial charge in [-0.1, -0.05) is 12.1 Å². The van der Waals surface area contributed by atoms with Gasteiger partial charge in [0.15, 0.2) is 0 Å². The summed E-state index contributed by atoms with van der Waals surface area (Å²) >= 11 is 1.59. The Balaban J connectivity index is 2.04. The summed E-state index contributed by atoms with van der Waals surface area (Å²) < 4.78 is 0. The Kier molecular flexibility index (Phi) is 3.44. The molecule has 0 aliphatic heterocycles. The van der Waals surface area contributed by atoms with Crippen LogP contribution in [0, 0.1) is 0 Å². The number of hydrazine groups is 1. The van der Waals surface area contributed by atoms with E-state index in [0.29, 0.717) is 12.5 Å². The molecule has 0 fully saturated rings. The first kappa shape index (κ1) is 12.8. The van der Waals surface area contributed by atoms with Crippen molar-refractivity contribution < 1.29 is 0 Å². The molecule has 0 amide bonds. The zero-order valence-electron chi connectivity index (χ0n) is 10.9. The molecular weight excluding hydrogens is 272 g/mol. The standard InChI is InChI=1S/C13H14N6S/c1-19(6-9-7-20-8-15-9)12-10-4-2-3-5-11(10)16-13(17-12)18-14/h2-5,7-8H,6,14H2,1H3,(H,16,17,18). The molecule has 102 valence electrons. The normalized spacial score (nSPS) is 10.7. The molecule has 2 heterocycles. The Bertz CT molecular complexity index is 712. The van der Waals surface area contributed by atoms with Gasteiger partial charge in [-0.25, -0.2) is 15.8 Å². The lowest BCUT2D eigenvalue weighted by Crippen LogP contribution is -2.20. The molecule has 0 saturated carbocycles. The average molecular weight is 286 g/mol. The van der Waals surface area contributed by atoms with Crippen molar-refractivity contribution in [2.75, 3.05) is 17.4 Å². The molecule has 0 aliphatic rings. The molecule has 6 nitrogen and oxygen atoms in total. The summed E-state index contributed by atoms with van der Waals surface area (Å²) in [6, 6.07) is 7.86.